The van der Waals surface area contributed by atoms with Crippen molar-refractivity contribution in [2.24, 2.45) is 0 Å². The van der Waals surface area contributed by atoms with Crippen LogP contribution in [-0.2, 0) is 10.2 Å². The van der Waals surface area contributed by atoms with Crippen molar-refractivity contribution < 1.29 is 26.2 Å². The Labute approximate surface area is 275 Å². The predicted octanol–water partition coefficient (Wildman–Crippen LogP) is 5.33. The van der Waals surface area contributed by atoms with Crippen LogP contribution >= 0.6 is 11.6 Å². The van der Waals surface area contributed by atoms with Gasteiger partial charge in [0.05, 0.1) is 10.3 Å². The summed E-state index contributed by atoms with van der Waals surface area (Å²) < 4.78 is 54.8. The van der Waals surface area contributed by atoms with Crippen LogP contribution in [0.25, 0.3) is 32.9 Å². The highest BCUT2D eigenvalue weighted by molar-refractivity contribution is 7.86. The molecule has 2 saturated heterocycles. The van der Waals surface area contributed by atoms with Crippen LogP contribution in [0.15, 0.2) is 71.8 Å². The van der Waals surface area contributed by atoms with E-state index in [0.717, 1.165) is 48.8 Å². The second-order valence-electron chi connectivity index (χ2n) is 11.3. The number of piperazine rings is 1. The summed E-state index contributed by atoms with van der Waals surface area (Å²) in [5.41, 5.74) is 1.35. The fourth-order valence-corrected chi connectivity index (χ4v) is 6.68. The van der Waals surface area contributed by atoms with E-state index in [1.807, 2.05) is 37.4 Å². The second kappa shape index (κ2) is 13.8. The number of fused-ring (bicyclic) bond motifs is 4. The number of carbonyl (C=O) groups is 1. The molecule has 2 unspecified atom stereocenters. The van der Waals surface area contributed by atoms with E-state index >= 15 is 4.39 Å². The number of aromatic nitrogens is 3. The fourth-order valence-electron chi connectivity index (χ4n) is 5.93. The normalized spacial score (nSPS) is 17.4. The van der Waals surface area contributed by atoms with E-state index in [2.05, 4.69) is 25.5 Å². The Morgan fingerprint density at radius 2 is 1.77 bits per heavy atom. The maximum atomic E-state index is 16.2. The molecule has 2 aliphatic rings. The Morgan fingerprint density at radius 3 is 2.43 bits per heavy atom. The molecule has 0 aliphatic carbocycles. The molecule has 0 radical (unpaired) electrons. The summed E-state index contributed by atoms with van der Waals surface area (Å²) in [7, 11) is -2.80. The number of hydrogen-bond donors (Lipinski definition) is 2. The Bertz CT molecular complexity index is 2030. The third-order valence-electron chi connectivity index (χ3n) is 8.15. The van der Waals surface area contributed by atoms with Gasteiger partial charge in [0, 0.05) is 59.5 Å². The number of nitrogens with zero attached hydrogens (tertiary/aromatic N) is 4. The zero-order chi connectivity index (χ0) is 33.1. The van der Waals surface area contributed by atoms with Crippen LogP contribution in [0.5, 0.6) is 6.01 Å². The van der Waals surface area contributed by atoms with Crippen LogP contribution in [0.3, 0.4) is 0 Å². The van der Waals surface area contributed by atoms with Crippen LogP contribution in [0, 0.1) is 5.82 Å². The molecule has 4 heterocycles. The Hall–Kier alpha value is -4.30. The maximum Gasteiger partial charge on any atom is 0.332 e. The first-order valence-electron chi connectivity index (χ1n) is 15.0. The van der Waals surface area contributed by atoms with Crippen LogP contribution in [0.1, 0.15) is 23.2 Å². The highest BCUT2D eigenvalue weighted by atomic mass is 35.5. The van der Waals surface area contributed by atoms with Crippen molar-refractivity contribution in [1.29, 1.82) is 0 Å². The number of nitrogens with one attached hydrogen (secondary N) is 2. The van der Waals surface area contributed by atoms with E-state index in [-0.39, 0.29) is 17.2 Å². The minimum atomic E-state index is -4.64. The summed E-state index contributed by atoms with van der Waals surface area (Å²) in [5, 5.41) is 9.50. The molecule has 2 N–H and O–H groups in total. The molecule has 0 amide bonds. The Kier molecular flexibility index (Phi) is 9.60. The number of likely N-dealkylation sites (N-methyl/N-ethyl adjacent to an activating group) is 1. The second-order valence-corrected chi connectivity index (χ2v) is 13.0. The minimum absolute atomic E-state index is 0.167. The highest BCUT2D eigenvalue weighted by Crippen LogP contribution is 2.38. The lowest BCUT2D eigenvalue weighted by molar-refractivity contribution is 0.112. The standard InChI is InChI=1S/C26H26ClFN6O.C7H5FO3S/c1-29-10-11-35-26-32-24-19(25(33-26)34-13-16-8-9-17(14-34)31-16)12-30-23(22(24)28)18-6-2-4-15-5-3-7-20(27)21(15)18;8-12(10,11)7-3-1-6(5-9)2-4-7/h2-7,12,16-17,29,31H,8-11,13-14H2,1H3;1-5H. The highest BCUT2D eigenvalue weighted by Gasteiger charge is 2.34. The van der Waals surface area contributed by atoms with Crippen LogP contribution in [0.4, 0.5) is 14.1 Å². The van der Waals surface area contributed by atoms with Gasteiger partial charge < -0.3 is 20.3 Å². The van der Waals surface area contributed by atoms with Gasteiger partial charge in [-0.2, -0.15) is 18.4 Å². The maximum absolute atomic E-state index is 16.2. The van der Waals surface area contributed by atoms with Crippen LogP contribution < -0.4 is 20.3 Å². The van der Waals surface area contributed by atoms with E-state index in [0.29, 0.717) is 58.9 Å². The van der Waals surface area contributed by atoms with Gasteiger partial charge in [-0.05, 0) is 43.5 Å². The number of pyridine rings is 1. The summed E-state index contributed by atoms with van der Waals surface area (Å²) in [6, 6.07) is 16.8. The monoisotopic (exact) mass is 680 g/mol. The molecule has 244 valence electrons. The van der Waals surface area contributed by atoms with Crippen LogP contribution in [-0.4, -0.2) is 75.0 Å². The molecule has 2 aliphatic heterocycles. The Morgan fingerprint density at radius 1 is 1.06 bits per heavy atom. The molecule has 10 nitrogen and oxygen atoms in total. The molecule has 3 aromatic carbocycles. The van der Waals surface area contributed by atoms with Crippen LogP contribution in [0.2, 0.25) is 5.02 Å². The molecule has 2 fully saturated rings. The van der Waals surface area contributed by atoms with Gasteiger partial charge in [0.15, 0.2) is 5.82 Å². The van der Waals surface area contributed by atoms with Gasteiger partial charge >= 0.3 is 16.2 Å². The molecule has 47 heavy (non-hydrogen) atoms. The molecule has 2 aromatic heterocycles. The molecule has 0 spiro atoms. The molecular formula is C33H31ClF2N6O4S. The zero-order valence-electron chi connectivity index (χ0n) is 25.3. The van der Waals surface area contributed by atoms with Crippen molar-refractivity contribution in [2.45, 2.75) is 29.8 Å². The van der Waals surface area contributed by atoms with Crippen molar-refractivity contribution >= 4 is 55.6 Å². The predicted molar refractivity (Wildman–Crippen MR) is 177 cm³/mol. The van der Waals surface area contributed by atoms with Gasteiger partial charge in [-0.3, -0.25) is 9.78 Å². The third-order valence-corrected chi connectivity index (χ3v) is 9.30. The Balaban J connectivity index is 0.000000273. The fraction of sp³-hybridized carbons (Fsp3) is 0.273. The van der Waals surface area contributed by atoms with Crippen molar-refractivity contribution in [1.82, 2.24) is 25.6 Å². The van der Waals surface area contributed by atoms with Gasteiger partial charge in [0.1, 0.15) is 29.9 Å². The summed E-state index contributed by atoms with van der Waals surface area (Å²) >= 11 is 6.52. The lowest BCUT2D eigenvalue weighted by Crippen LogP contribution is -2.51. The number of anilines is 1. The van der Waals surface area contributed by atoms with E-state index in [4.69, 9.17) is 21.3 Å². The van der Waals surface area contributed by atoms with Gasteiger partial charge in [-0.15, -0.1) is 3.89 Å². The van der Waals surface area contributed by atoms with Gasteiger partial charge in [0.2, 0.25) is 0 Å². The molecular weight excluding hydrogens is 650 g/mol. The van der Waals surface area contributed by atoms with Gasteiger partial charge in [-0.25, -0.2) is 4.39 Å². The third kappa shape index (κ3) is 7.03. The number of hydrogen-bond acceptors (Lipinski definition) is 10. The average molecular weight is 681 g/mol. The van der Waals surface area contributed by atoms with Crippen molar-refractivity contribution in [2.75, 3.05) is 38.2 Å². The number of ether oxygens (including phenoxy) is 1. The molecule has 7 rings (SSSR count). The smallest absolute Gasteiger partial charge is 0.332 e. The summed E-state index contributed by atoms with van der Waals surface area (Å²) in [6.07, 6.45) is 4.50. The van der Waals surface area contributed by atoms with Crippen molar-refractivity contribution in [3.8, 4) is 17.3 Å². The molecule has 2 atom stereocenters. The molecule has 14 heteroatoms. The number of halogens is 3. The van der Waals surface area contributed by atoms with E-state index in [1.165, 1.54) is 12.1 Å². The van der Waals surface area contributed by atoms with E-state index in [9.17, 15) is 17.1 Å². The molecule has 0 saturated carbocycles. The number of benzene rings is 3. The first kappa shape index (κ1) is 32.6. The minimum Gasteiger partial charge on any atom is -0.462 e. The van der Waals surface area contributed by atoms with Crippen molar-refractivity contribution in [3.63, 3.8) is 0 Å². The largest absolute Gasteiger partial charge is 0.462 e. The summed E-state index contributed by atoms with van der Waals surface area (Å²) in [4.78, 5) is 25.7. The topological polar surface area (TPSA) is 126 Å². The summed E-state index contributed by atoms with van der Waals surface area (Å²) in [5.74, 6) is 0.164. The molecule has 5 aromatic rings. The van der Waals surface area contributed by atoms with E-state index in [1.54, 1.807) is 12.3 Å². The van der Waals surface area contributed by atoms with Gasteiger partial charge in [0.25, 0.3) is 0 Å². The summed E-state index contributed by atoms with van der Waals surface area (Å²) in [6.45, 7) is 2.63. The zero-order valence-corrected chi connectivity index (χ0v) is 26.9. The number of carbonyl (C=O) groups excluding carboxylic acids is 1. The quantitative estimate of drug-likeness (QED) is 0.126. The van der Waals surface area contributed by atoms with Gasteiger partial charge in [-0.1, -0.05) is 54.1 Å². The lowest BCUT2D eigenvalue weighted by atomic mass is 10.0. The number of aldehydes is 1. The molecule has 2 bridgehead atoms. The SMILES string of the molecule is CNCCOc1nc(N2CC3CCC(C2)N3)c2cnc(-c3cccc4cccc(Cl)c34)c(F)c2n1.O=Cc1ccc(S(=O)(=O)F)cc1. The first-order chi connectivity index (χ1) is 22.7. The van der Waals surface area contributed by atoms with E-state index < -0.39 is 20.9 Å². The average Bonchev–Trinajstić information content (AvgIpc) is 3.41. The lowest BCUT2D eigenvalue weighted by Gasteiger charge is -2.34. The van der Waals surface area contributed by atoms with Crippen molar-refractivity contribution in [3.05, 3.63) is 83.3 Å². The first-order valence-corrected chi connectivity index (χ1v) is 16.7. The number of rotatable bonds is 8.